The highest BCUT2D eigenvalue weighted by Crippen LogP contribution is 2.23. The Morgan fingerprint density at radius 2 is 2.14 bits per heavy atom. The number of benzene rings is 1. The van der Waals surface area contributed by atoms with Crippen molar-refractivity contribution in [1.82, 2.24) is 4.90 Å². The summed E-state index contributed by atoms with van der Waals surface area (Å²) in [4.78, 5) is 26.5. The average molecular weight is 322 g/mol. The first kappa shape index (κ1) is 16.5. The Balaban J connectivity index is 2.02. The Morgan fingerprint density at radius 1 is 1.36 bits per heavy atom. The van der Waals surface area contributed by atoms with Crippen molar-refractivity contribution in [3.63, 3.8) is 0 Å². The molecule has 1 aromatic rings. The zero-order chi connectivity index (χ0) is 16.1. The summed E-state index contributed by atoms with van der Waals surface area (Å²) in [7, 11) is 0. The first-order valence-electron chi connectivity index (χ1n) is 7.41. The van der Waals surface area contributed by atoms with Gasteiger partial charge in [-0.3, -0.25) is 15.0 Å². The van der Waals surface area contributed by atoms with Crippen molar-refractivity contribution in [2.24, 2.45) is 5.73 Å². The number of carbonyl (C=O) groups excluding carboxylic acids is 2. The molecule has 1 amide bonds. The molecule has 118 valence electrons. The van der Waals surface area contributed by atoms with Crippen LogP contribution in [0.4, 0.5) is 0 Å². The van der Waals surface area contributed by atoms with Crippen molar-refractivity contribution in [2.45, 2.75) is 38.1 Å². The lowest BCUT2D eigenvalue weighted by molar-refractivity contribution is -0.122. The smallest absolute Gasteiger partial charge is 0.254 e. The van der Waals surface area contributed by atoms with Gasteiger partial charge in [-0.1, -0.05) is 17.7 Å². The highest BCUT2D eigenvalue weighted by Gasteiger charge is 2.33. The van der Waals surface area contributed by atoms with Crippen LogP contribution in [0.25, 0.3) is 0 Å². The Bertz CT molecular complexity index is 589. The standard InChI is InChI=1S/C16H20ClN3O2/c17-12-5-1-4-11(10-12)16(22)20-9-3-6-13(20)14(21)7-2-8-15(18)19/h1,4-5,10,13H,2-3,6-9H2,(H3,18,19). The summed E-state index contributed by atoms with van der Waals surface area (Å²) in [6, 6.07) is 6.42. The second-order valence-electron chi connectivity index (χ2n) is 5.51. The third kappa shape index (κ3) is 4.07. The van der Waals surface area contributed by atoms with Crippen LogP contribution < -0.4 is 5.73 Å². The van der Waals surface area contributed by atoms with Gasteiger partial charge in [-0.15, -0.1) is 0 Å². The summed E-state index contributed by atoms with van der Waals surface area (Å²) in [5.41, 5.74) is 5.80. The van der Waals surface area contributed by atoms with Crippen LogP contribution in [0, 0.1) is 5.41 Å². The van der Waals surface area contributed by atoms with Gasteiger partial charge in [-0.05, 0) is 37.5 Å². The minimum atomic E-state index is -0.363. The maximum absolute atomic E-state index is 12.6. The van der Waals surface area contributed by atoms with Crippen molar-refractivity contribution < 1.29 is 9.59 Å². The Hall–Kier alpha value is -1.88. The largest absolute Gasteiger partial charge is 0.388 e. The minimum absolute atomic E-state index is 0.0501. The molecule has 1 atom stereocenters. The fraction of sp³-hybridized carbons (Fsp3) is 0.438. The average Bonchev–Trinajstić information content (AvgIpc) is 2.95. The molecular formula is C16H20ClN3O2. The summed E-state index contributed by atoms with van der Waals surface area (Å²) in [5, 5.41) is 7.69. The van der Waals surface area contributed by atoms with Gasteiger partial charge in [0, 0.05) is 30.0 Å². The van der Waals surface area contributed by atoms with Crippen molar-refractivity contribution >= 4 is 29.1 Å². The van der Waals surface area contributed by atoms with E-state index in [-0.39, 0.29) is 23.6 Å². The summed E-state index contributed by atoms with van der Waals surface area (Å²) in [5.74, 6) is -0.00914. The first-order chi connectivity index (χ1) is 10.5. The predicted molar refractivity (Wildman–Crippen MR) is 86.3 cm³/mol. The van der Waals surface area contributed by atoms with Crippen LogP contribution in [0.2, 0.25) is 5.02 Å². The molecule has 0 saturated carbocycles. The molecule has 1 aromatic carbocycles. The summed E-state index contributed by atoms with van der Waals surface area (Å²) in [6.07, 6.45) is 2.86. The Morgan fingerprint density at radius 3 is 2.82 bits per heavy atom. The molecule has 1 saturated heterocycles. The van der Waals surface area contributed by atoms with Crippen LogP contribution in [-0.2, 0) is 4.79 Å². The molecule has 22 heavy (non-hydrogen) atoms. The molecule has 1 aliphatic heterocycles. The van der Waals surface area contributed by atoms with Gasteiger partial charge in [-0.25, -0.2) is 0 Å². The van der Waals surface area contributed by atoms with Crippen LogP contribution in [0.5, 0.6) is 0 Å². The lowest BCUT2D eigenvalue weighted by Crippen LogP contribution is -2.40. The van der Waals surface area contributed by atoms with Gasteiger partial charge in [0.05, 0.1) is 11.9 Å². The quantitative estimate of drug-likeness (QED) is 0.623. The molecule has 2 rings (SSSR count). The number of Topliss-reactive ketones (excluding diaryl/α,β-unsaturated/α-hetero) is 1. The van der Waals surface area contributed by atoms with E-state index in [1.807, 2.05) is 0 Å². The number of halogens is 1. The van der Waals surface area contributed by atoms with Crippen molar-refractivity contribution in [1.29, 1.82) is 5.41 Å². The number of hydrogen-bond acceptors (Lipinski definition) is 3. The van der Waals surface area contributed by atoms with Gasteiger partial charge in [0.1, 0.15) is 0 Å². The summed E-state index contributed by atoms with van der Waals surface area (Å²) >= 11 is 5.92. The highest BCUT2D eigenvalue weighted by atomic mass is 35.5. The zero-order valence-corrected chi connectivity index (χ0v) is 13.1. The van der Waals surface area contributed by atoms with Crippen LogP contribution in [0.1, 0.15) is 42.5 Å². The second-order valence-corrected chi connectivity index (χ2v) is 5.95. The molecule has 1 aliphatic rings. The van der Waals surface area contributed by atoms with E-state index >= 15 is 0 Å². The monoisotopic (exact) mass is 321 g/mol. The van der Waals surface area contributed by atoms with E-state index in [1.165, 1.54) is 0 Å². The van der Waals surface area contributed by atoms with Gasteiger partial charge >= 0.3 is 0 Å². The lowest BCUT2D eigenvalue weighted by atomic mass is 10.0. The molecule has 0 bridgehead atoms. The predicted octanol–water partition coefficient (Wildman–Crippen LogP) is 2.62. The van der Waals surface area contributed by atoms with Crippen molar-refractivity contribution in [3.8, 4) is 0 Å². The number of nitrogens with one attached hydrogen (secondary N) is 1. The fourth-order valence-corrected chi connectivity index (χ4v) is 2.94. The maximum atomic E-state index is 12.6. The first-order valence-corrected chi connectivity index (χ1v) is 7.79. The highest BCUT2D eigenvalue weighted by molar-refractivity contribution is 6.31. The molecule has 0 aliphatic carbocycles. The number of amidine groups is 1. The molecule has 0 radical (unpaired) electrons. The van der Waals surface area contributed by atoms with Crippen molar-refractivity contribution in [2.75, 3.05) is 6.54 Å². The van der Waals surface area contributed by atoms with E-state index in [1.54, 1.807) is 29.2 Å². The van der Waals surface area contributed by atoms with E-state index in [2.05, 4.69) is 0 Å². The summed E-state index contributed by atoms with van der Waals surface area (Å²) in [6.45, 7) is 0.592. The lowest BCUT2D eigenvalue weighted by Gasteiger charge is -2.24. The fourth-order valence-electron chi connectivity index (χ4n) is 2.75. The number of rotatable bonds is 6. The molecule has 0 aromatic heterocycles. The minimum Gasteiger partial charge on any atom is -0.388 e. The molecule has 1 heterocycles. The molecule has 0 spiro atoms. The van der Waals surface area contributed by atoms with Gasteiger partial charge < -0.3 is 10.6 Å². The second kappa shape index (κ2) is 7.40. The number of carbonyl (C=O) groups is 2. The normalized spacial score (nSPS) is 17.5. The van der Waals surface area contributed by atoms with Crippen LogP contribution in [0.15, 0.2) is 24.3 Å². The summed E-state index contributed by atoms with van der Waals surface area (Å²) < 4.78 is 0. The molecule has 5 nitrogen and oxygen atoms in total. The molecule has 6 heteroatoms. The SMILES string of the molecule is N=C(N)CCCC(=O)C1CCCN1C(=O)c1cccc(Cl)c1. The van der Waals surface area contributed by atoms with E-state index in [9.17, 15) is 9.59 Å². The number of amides is 1. The topological polar surface area (TPSA) is 87.2 Å². The van der Waals surface area contributed by atoms with Gasteiger partial charge in [-0.2, -0.15) is 0 Å². The molecule has 1 fully saturated rings. The third-order valence-corrected chi connectivity index (χ3v) is 4.06. The number of likely N-dealkylation sites (tertiary alicyclic amines) is 1. The molecule has 3 N–H and O–H groups in total. The van der Waals surface area contributed by atoms with E-state index < -0.39 is 0 Å². The van der Waals surface area contributed by atoms with Gasteiger partial charge in [0.2, 0.25) is 0 Å². The number of ketones is 1. The zero-order valence-electron chi connectivity index (χ0n) is 12.3. The number of nitrogens with zero attached hydrogens (tertiary/aromatic N) is 1. The van der Waals surface area contributed by atoms with Crippen LogP contribution in [-0.4, -0.2) is 35.0 Å². The van der Waals surface area contributed by atoms with Gasteiger partial charge in [0.15, 0.2) is 5.78 Å². The Kier molecular flexibility index (Phi) is 5.55. The molecule has 1 unspecified atom stereocenters. The third-order valence-electron chi connectivity index (χ3n) is 3.83. The molecular weight excluding hydrogens is 302 g/mol. The van der Waals surface area contributed by atoms with E-state index in [0.29, 0.717) is 42.8 Å². The number of hydrogen-bond donors (Lipinski definition) is 2. The Labute approximate surface area is 134 Å². The number of nitrogens with two attached hydrogens (primary N) is 1. The van der Waals surface area contributed by atoms with Crippen LogP contribution >= 0.6 is 11.6 Å². The van der Waals surface area contributed by atoms with Crippen LogP contribution in [0.3, 0.4) is 0 Å². The van der Waals surface area contributed by atoms with E-state index in [4.69, 9.17) is 22.7 Å². The maximum Gasteiger partial charge on any atom is 0.254 e. The van der Waals surface area contributed by atoms with Crippen molar-refractivity contribution in [3.05, 3.63) is 34.9 Å². The van der Waals surface area contributed by atoms with Gasteiger partial charge in [0.25, 0.3) is 5.91 Å². The van der Waals surface area contributed by atoms with E-state index in [0.717, 1.165) is 6.42 Å².